The van der Waals surface area contributed by atoms with Crippen LogP contribution in [0.15, 0.2) is 30.3 Å². The zero-order chi connectivity index (χ0) is 14.1. The number of hydrogen-bond acceptors (Lipinski definition) is 2. The van der Waals surface area contributed by atoms with Crippen molar-refractivity contribution >= 4 is 11.9 Å². The van der Waals surface area contributed by atoms with Gasteiger partial charge in [0.1, 0.15) is 0 Å². The van der Waals surface area contributed by atoms with Gasteiger partial charge in [-0.05, 0) is 24.3 Å². The first-order valence-corrected chi connectivity index (χ1v) is 6.63. The molecule has 0 heterocycles. The highest BCUT2D eigenvalue weighted by Crippen LogP contribution is 2.19. The third-order valence-electron chi connectivity index (χ3n) is 3.06. The molecule has 4 nitrogen and oxygen atoms in total. The Labute approximate surface area is 113 Å². The Morgan fingerprint density at radius 3 is 2.53 bits per heavy atom. The highest BCUT2D eigenvalue weighted by molar-refractivity contribution is 5.76. The van der Waals surface area contributed by atoms with Crippen molar-refractivity contribution in [1.82, 2.24) is 5.32 Å². The van der Waals surface area contributed by atoms with Crippen LogP contribution >= 0.6 is 0 Å². The SMILES string of the molecule is CC(CCC(=O)NCCCC(=O)O)c1ccccc1. The minimum absolute atomic E-state index is 0.00632. The molecule has 1 aromatic carbocycles. The third-order valence-corrected chi connectivity index (χ3v) is 3.06. The second kappa shape index (κ2) is 8.29. The number of carbonyl (C=O) groups is 2. The lowest BCUT2D eigenvalue weighted by Crippen LogP contribution is -2.24. The quantitative estimate of drug-likeness (QED) is 0.708. The fraction of sp³-hybridized carbons (Fsp3) is 0.467. The fourth-order valence-corrected chi connectivity index (χ4v) is 1.85. The molecule has 1 rings (SSSR count). The van der Waals surface area contributed by atoms with Crippen LogP contribution in [0.3, 0.4) is 0 Å². The maximum atomic E-state index is 11.6. The second-order valence-corrected chi connectivity index (χ2v) is 4.70. The molecular formula is C15H21NO3. The van der Waals surface area contributed by atoms with Crippen LogP contribution in [0, 0.1) is 0 Å². The van der Waals surface area contributed by atoms with E-state index in [1.54, 1.807) is 0 Å². The summed E-state index contributed by atoms with van der Waals surface area (Å²) in [5.41, 5.74) is 1.24. The molecule has 4 heteroatoms. The molecule has 0 saturated heterocycles. The van der Waals surface area contributed by atoms with Gasteiger partial charge in [-0.15, -0.1) is 0 Å². The number of benzene rings is 1. The summed E-state index contributed by atoms with van der Waals surface area (Å²) < 4.78 is 0. The first-order chi connectivity index (χ1) is 9.09. The number of hydrogen-bond donors (Lipinski definition) is 2. The van der Waals surface area contributed by atoms with E-state index in [2.05, 4.69) is 24.4 Å². The van der Waals surface area contributed by atoms with Gasteiger partial charge >= 0.3 is 5.97 Å². The van der Waals surface area contributed by atoms with Crippen LogP contribution in [0.4, 0.5) is 0 Å². The number of carbonyl (C=O) groups excluding carboxylic acids is 1. The molecule has 0 fully saturated rings. The summed E-state index contributed by atoms with van der Waals surface area (Å²) in [5, 5.41) is 11.2. The van der Waals surface area contributed by atoms with Crippen LogP contribution < -0.4 is 5.32 Å². The largest absolute Gasteiger partial charge is 0.481 e. The standard InChI is InChI=1S/C15H21NO3/c1-12(13-6-3-2-4-7-13)9-10-14(17)16-11-5-8-15(18)19/h2-4,6-7,12H,5,8-11H2,1H3,(H,16,17)(H,18,19). The Hall–Kier alpha value is -1.84. The topological polar surface area (TPSA) is 66.4 Å². The highest BCUT2D eigenvalue weighted by atomic mass is 16.4. The van der Waals surface area contributed by atoms with Gasteiger partial charge < -0.3 is 10.4 Å². The van der Waals surface area contributed by atoms with Gasteiger partial charge in [0.2, 0.25) is 5.91 Å². The molecule has 1 amide bonds. The summed E-state index contributed by atoms with van der Waals surface area (Å²) in [7, 11) is 0. The molecule has 19 heavy (non-hydrogen) atoms. The van der Waals surface area contributed by atoms with E-state index in [1.807, 2.05) is 18.2 Å². The van der Waals surface area contributed by atoms with Gasteiger partial charge in [-0.2, -0.15) is 0 Å². The summed E-state index contributed by atoms with van der Waals surface area (Å²) in [6.45, 7) is 2.54. The van der Waals surface area contributed by atoms with Crippen molar-refractivity contribution in [3.63, 3.8) is 0 Å². The van der Waals surface area contributed by atoms with Crippen LogP contribution in [-0.2, 0) is 9.59 Å². The molecule has 0 aliphatic carbocycles. The maximum absolute atomic E-state index is 11.6. The number of aliphatic carboxylic acids is 1. The van der Waals surface area contributed by atoms with Gasteiger partial charge in [0.05, 0.1) is 0 Å². The van der Waals surface area contributed by atoms with Crippen molar-refractivity contribution in [2.75, 3.05) is 6.54 Å². The maximum Gasteiger partial charge on any atom is 0.303 e. The molecule has 1 unspecified atom stereocenters. The van der Waals surface area contributed by atoms with Crippen LogP contribution in [0.5, 0.6) is 0 Å². The number of amides is 1. The molecule has 0 aliphatic heterocycles. The van der Waals surface area contributed by atoms with E-state index in [-0.39, 0.29) is 12.3 Å². The predicted molar refractivity (Wildman–Crippen MR) is 74.0 cm³/mol. The van der Waals surface area contributed by atoms with Gasteiger partial charge in [-0.3, -0.25) is 9.59 Å². The van der Waals surface area contributed by atoms with Crippen molar-refractivity contribution < 1.29 is 14.7 Å². The average Bonchev–Trinajstić information content (AvgIpc) is 2.41. The Morgan fingerprint density at radius 1 is 1.21 bits per heavy atom. The molecule has 0 radical (unpaired) electrons. The van der Waals surface area contributed by atoms with E-state index < -0.39 is 5.97 Å². The molecular weight excluding hydrogens is 242 g/mol. The zero-order valence-electron chi connectivity index (χ0n) is 11.3. The minimum atomic E-state index is -0.827. The van der Waals surface area contributed by atoms with E-state index in [1.165, 1.54) is 5.56 Å². The van der Waals surface area contributed by atoms with Crippen molar-refractivity contribution in [1.29, 1.82) is 0 Å². The lowest BCUT2D eigenvalue weighted by molar-refractivity contribution is -0.137. The van der Waals surface area contributed by atoms with E-state index in [0.717, 1.165) is 6.42 Å². The Bertz CT molecular complexity index is 403. The lowest BCUT2D eigenvalue weighted by atomic mass is 9.96. The summed E-state index contributed by atoms with van der Waals surface area (Å²) in [5.74, 6) is -0.480. The fourth-order valence-electron chi connectivity index (χ4n) is 1.85. The second-order valence-electron chi connectivity index (χ2n) is 4.70. The third kappa shape index (κ3) is 6.60. The normalized spacial score (nSPS) is 11.8. The lowest BCUT2D eigenvalue weighted by Gasteiger charge is -2.11. The van der Waals surface area contributed by atoms with Crippen LogP contribution in [0.2, 0.25) is 0 Å². The van der Waals surface area contributed by atoms with Gasteiger partial charge in [0.25, 0.3) is 0 Å². The molecule has 0 saturated carbocycles. The molecule has 2 N–H and O–H groups in total. The Morgan fingerprint density at radius 2 is 1.89 bits per heavy atom. The van der Waals surface area contributed by atoms with E-state index in [9.17, 15) is 9.59 Å². The van der Waals surface area contributed by atoms with E-state index >= 15 is 0 Å². The average molecular weight is 263 g/mol. The summed E-state index contributed by atoms with van der Waals surface area (Å²) in [6.07, 6.45) is 1.86. The van der Waals surface area contributed by atoms with E-state index in [0.29, 0.717) is 25.3 Å². The Kier molecular flexibility index (Phi) is 6.64. The highest BCUT2D eigenvalue weighted by Gasteiger charge is 2.08. The molecule has 104 valence electrons. The number of rotatable bonds is 8. The zero-order valence-corrected chi connectivity index (χ0v) is 11.3. The smallest absolute Gasteiger partial charge is 0.303 e. The number of carboxylic acid groups (broad SMARTS) is 1. The van der Waals surface area contributed by atoms with Gasteiger partial charge in [0, 0.05) is 19.4 Å². The van der Waals surface area contributed by atoms with Gasteiger partial charge in [-0.1, -0.05) is 37.3 Å². The molecule has 0 bridgehead atoms. The molecule has 1 aromatic rings. The minimum Gasteiger partial charge on any atom is -0.481 e. The Balaban J connectivity index is 2.18. The van der Waals surface area contributed by atoms with Crippen LogP contribution in [0.1, 0.15) is 44.1 Å². The van der Waals surface area contributed by atoms with Crippen molar-refractivity contribution in [2.45, 2.75) is 38.5 Å². The summed E-state index contributed by atoms with van der Waals surface area (Å²) in [6, 6.07) is 10.1. The van der Waals surface area contributed by atoms with Crippen molar-refractivity contribution in [3.8, 4) is 0 Å². The number of carboxylic acids is 1. The first-order valence-electron chi connectivity index (χ1n) is 6.63. The van der Waals surface area contributed by atoms with Gasteiger partial charge in [0.15, 0.2) is 0 Å². The molecule has 1 atom stereocenters. The summed E-state index contributed by atoms with van der Waals surface area (Å²) >= 11 is 0. The van der Waals surface area contributed by atoms with Crippen LogP contribution in [-0.4, -0.2) is 23.5 Å². The summed E-state index contributed by atoms with van der Waals surface area (Å²) in [4.78, 5) is 21.9. The predicted octanol–water partition coefficient (Wildman–Crippen LogP) is 2.55. The number of nitrogens with one attached hydrogen (secondary N) is 1. The van der Waals surface area contributed by atoms with Crippen LogP contribution in [0.25, 0.3) is 0 Å². The molecule has 0 aliphatic rings. The van der Waals surface area contributed by atoms with E-state index in [4.69, 9.17) is 5.11 Å². The van der Waals surface area contributed by atoms with Gasteiger partial charge in [-0.25, -0.2) is 0 Å². The molecule has 0 spiro atoms. The van der Waals surface area contributed by atoms with Crippen molar-refractivity contribution in [2.24, 2.45) is 0 Å². The van der Waals surface area contributed by atoms with Crippen molar-refractivity contribution in [3.05, 3.63) is 35.9 Å². The first kappa shape index (κ1) is 15.2. The monoisotopic (exact) mass is 263 g/mol. The molecule has 0 aromatic heterocycles.